The molecule has 0 bridgehead atoms. The van der Waals surface area contributed by atoms with E-state index in [2.05, 4.69) is 15.5 Å². The van der Waals surface area contributed by atoms with Gasteiger partial charge in [0.15, 0.2) is 5.65 Å². The molecule has 1 aliphatic rings. The summed E-state index contributed by atoms with van der Waals surface area (Å²) in [4.78, 5) is 0. The summed E-state index contributed by atoms with van der Waals surface area (Å²) in [6.07, 6.45) is -3.35. The van der Waals surface area contributed by atoms with E-state index in [1.54, 1.807) is 7.05 Å². The van der Waals surface area contributed by atoms with Crippen molar-refractivity contribution in [3.8, 4) is 0 Å². The molecular weight excluding hydrogens is 273 g/mol. The van der Waals surface area contributed by atoms with Crippen LogP contribution in [-0.2, 0) is 10.9 Å². The average Bonchev–Trinajstić information content (AvgIpc) is 3.02. The summed E-state index contributed by atoms with van der Waals surface area (Å²) in [6, 6.07) is 2.36. The molecule has 1 N–H and O–H groups in total. The van der Waals surface area contributed by atoms with E-state index in [4.69, 9.17) is 4.74 Å². The highest BCUT2D eigenvalue weighted by Gasteiger charge is 2.34. The highest BCUT2D eigenvalue weighted by atomic mass is 19.4. The normalized spacial score (nSPS) is 23.6. The Hall–Kier alpha value is -1.67. The van der Waals surface area contributed by atoms with Gasteiger partial charge in [-0.25, -0.2) is 0 Å². The van der Waals surface area contributed by atoms with E-state index in [0.29, 0.717) is 24.7 Å². The van der Waals surface area contributed by atoms with Crippen molar-refractivity contribution in [3.63, 3.8) is 0 Å². The van der Waals surface area contributed by atoms with E-state index in [-0.39, 0.29) is 12.0 Å². The van der Waals surface area contributed by atoms with Crippen LogP contribution in [0.1, 0.15) is 17.3 Å². The van der Waals surface area contributed by atoms with Crippen molar-refractivity contribution in [2.45, 2.75) is 18.1 Å². The number of nitrogens with one attached hydrogen (secondary N) is 1. The van der Waals surface area contributed by atoms with Gasteiger partial charge in [-0.15, -0.1) is 10.2 Å². The number of hydrogen-bond donors (Lipinski definition) is 1. The van der Waals surface area contributed by atoms with Crippen molar-refractivity contribution in [2.24, 2.45) is 0 Å². The van der Waals surface area contributed by atoms with E-state index in [0.717, 1.165) is 12.3 Å². The molecule has 8 heteroatoms. The standard InChI is InChI=1S/C12H13F3N4O/c1-16-9-6-20-5-8(9)11-18-17-10-3-2-7(4-19(10)11)12(13,14)15/h2-4,8-9,16H,5-6H2,1H3. The highest BCUT2D eigenvalue weighted by Crippen LogP contribution is 2.31. The minimum absolute atomic E-state index is 0.0249. The first-order valence-corrected chi connectivity index (χ1v) is 6.17. The molecule has 2 atom stereocenters. The molecule has 1 fully saturated rings. The summed E-state index contributed by atoms with van der Waals surface area (Å²) in [5.41, 5.74) is -0.319. The monoisotopic (exact) mass is 286 g/mol. The molecule has 5 nitrogen and oxygen atoms in total. The van der Waals surface area contributed by atoms with Crippen LogP contribution in [0.15, 0.2) is 18.3 Å². The smallest absolute Gasteiger partial charge is 0.379 e. The van der Waals surface area contributed by atoms with Crippen molar-refractivity contribution in [1.29, 1.82) is 0 Å². The Morgan fingerprint density at radius 3 is 2.80 bits per heavy atom. The molecule has 3 heterocycles. The van der Waals surface area contributed by atoms with Crippen molar-refractivity contribution >= 4 is 5.65 Å². The van der Waals surface area contributed by atoms with Crippen LogP contribution in [0.4, 0.5) is 13.2 Å². The Balaban J connectivity index is 2.07. The number of pyridine rings is 1. The molecule has 2 aromatic rings. The second-order valence-corrected chi connectivity index (χ2v) is 4.74. The predicted molar refractivity (Wildman–Crippen MR) is 64.4 cm³/mol. The molecule has 2 aromatic heterocycles. The third kappa shape index (κ3) is 2.14. The van der Waals surface area contributed by atoms with Crippen molar-refractivity contribution in [1.82, 2.24) is 19.9 Å². The number of alkyl halides is 3. The average molecular weight is 286 g/mol. The van der Waals surface area contributed by atoms with Gasteiger partial charge in [0.25, 0.3) is 0 Å². The fourth-order valence-corrected chi connectivity index (χ4v) is 2.42. The van der Waals surface area contributed by atoms with Gasteiger partial charge in [-0.05, 0) is 19.2 Å². The lowest BCUT2D eigenvalue weighted by Crippen LogP contribution is -2.32. The van der Waals surface area contributed by atoms with Gasteiger partial charge in [0.1, 0.15) is 5.82 Å². The Bertz CT molecular complexity index is 625. The third-order valence-corrected chi connectivity index (χ3v) is 3.54. The lowest BCUT2D eigenvalue weighted by atomic mass is 10.0. The molecule has 0 saturated carbocycles. The summed E-state index contributed by atoms with van der Waals surface area (Å²) >= 11 is 0. The minimum Gasteiger partial charge on any atom is -0.379 e. The van der Waals surface area contributed by atoms with E-state index in [9.17, 15) is 13.2 Å². The lowest BCUT2D eigenvalue weighted by molar-refractivity contribution is -0.137. The molecule has 2 unspecified atom stereocenters. The lowest BCUT2D eigenvalue weighted by Gasteiger charge is -2.15. The van der Waals surface area contributed by atoms with Gasteiger partial charge in [0.05, 0.1) is 24.7 Å². The van der Waals surface area contributed by atoms with Crippen LogP contribution >= 0.6 is 0 Å². The number of ether oxygens (including phenoxy) is 1. The molecule has 108 valence electrons. The van der Waals surface area contributed by atoms with Crippen molar-refractivity contribution < 1.29 is 17.9 Å². The first-order valence-electron chi connectivity index (χ1n) is 6.17. The van der Waals surface area contributed by atoms with Crippen LogP contribution < -0.4 is 5.32 Å². The Morgan fingerprint density at radius 1 is 1.30 bits per heavy atom. The zero-order chi connectivity index (χ0) is 14.3. The van der Waals surface area contributed by atoms with Gasteiger partial charge in [-0.1, -0.05) is 0 Å². The fourth-order valence-electron chi connectivity index (χ4n) is 2.42. The molecule has 1 aliphatic heterocycles. The van der Waals surface area contributed by atoms with Gasteiger partial charge in [-0.3, -0.25) is 4.40 Å². The molecule has 0 aromatic carbocycles. The Labute approximate surface area is 112 Å². The van der Waals surface area contributed by atoms with Crippen LogP contribution in [0.2, 0.25) is 0 Å². The van der Waals surface area contributed by atoms with Gasteiger partial charge in [0, 0.05) is 12.2 Å². The number of hydrogen-bond acceptors (Lipinski definition) is 4. The van der Waals surface area contributed by atoms with Crippen molar-refractivity contribution in [3.05, 3.63) is 29.7 Å². The summed E-state index contributed by atoms with van der Waals surface area (Å²) in [6.45, 7) is 0.928. The second kappa shape index (κ2) is 4.71. The van der Waals surface area contributed by atoms with Crippen LogP contribution in [0.25, 0.3) is 5.65 Å². The number of rotatable bonds is 2. The molecule has 0 aliphatic carbocycles. The maximum atomic E-state index is 12.8. The SMILES string of the molecule is CNC1COCC1c1nnc2ccc(C(F)(F)F)cn12. The number of aromatic nitrogens is 3. The van der Waals surface area contributed by atoms with Gasteiger partial charge >= 0.3 is 6.18 Å². The number of halogens is 3. The Morgan fingerprint density at radius 2 is 2.10 bits per heavy atom. The maximum Gasteiger partial charge on any atom is 0.417 e. The van der Waals surface area contributed by atoms with Crippen LogP contribution in [-0.4, -0.2) is 40.9 Å². The summed E-state index contributed by atoms with van der Waals surface area (Å²) < 4.78 is 45.1. The molecular formula is C12H13F3N4O. The topological polar surface area (TPSA) is 51.5 Å². The van der Waals surface area contributed by atoms with Crippen LogP contribution in [0, 0.1) is 0 Å². The van der Waals surface area contributed by atoms with Gasteiger partial charge in [-0.2, -0.15) is 13.2 Å². The predicted octanol–water partition coefficient (Wildman–Crippen LogP) is 1.45. The largest absolute Gasteiger partial charge is 0.417 e. The maximum absolute atomic E-state index is 12.8. The molecule has 0 radical (unpaired) electrons. The third-order valence-electron chi connectivity index (χ3n) is 3.54. The first kappa shape index (κ1) is 13.3. The fraction of sp³-hybridized carbons (Fsp3) is 0.500. The molecule has 1 saturated heterocycles. The Kier molecular flexibility index (Phi) is 3.14. The summed E-state index contributed by atoms with van der Waals surface area (Å²) in [7, 11) is 1.79. The van der Waals surface area contributed by atoms with Crippen molar-refractivity contribution in [2.75, 3.05) is 20.3 Å². The molecule has 20 heavy (non-hydrogen) atoms. The van der Waals surface area contributed by atoms with E-state index in [1.807, 2.05) is 0 Å². The number of fused-ring (bicyclic) bond motifs is 1. The van der Waals surface area contributed by atoms with Gasteiger partial charge < -0.3 is 10.1 Å². The van der Waals surface area contributed by atoms with Crippen LogP contribution in [0.3, 0.4) is 0 Å². The zero-order valence-corrected chi connectivity index (χ0v) is 10.7. The number of nitrogens with zero attached hydrogens (tertiary/aromatic N) is 3. The van der Waals surface area contributed by atoms with Crippen LogP contribution in [0.5, 0.6) is 0 Å². The van der Waals surface area contributed by atoms with E-state index < -0.39 is 11.7 Å². The quantitative estimate of drug-likeness (QED) is 0.908. The van der Waals surface area contributed by atoms with E-state index >= 15 is 0 Å². The highest BCUT2D eigenvalue weighted by molar-refractivity contribution is 5.41. The number of likely N-dealkylation sites (N-methyl/N-ethyl adjacent to an activating group) is 1. The zero-order valence-electron chi connectivity index (χ0n) is 10.7. The van der Waals surface area contributed by atoms with E-state index in [1.165, 1.54) is 10.5 Å². The first-order chi connectivity index (χ1) is 9.50. The summed E-state index contributed by atoms with van der Waals surface area (Å²) in [5.74, 6) is 0.376. The minimum atomic E-state index is -4.38. The molecule has 0 amide bonds. The second-order valence-electron chi connectivity index (χ2n) is 4.74. The van der Waals surface area contributed by atoms with Gasteiger partial charge in [0.2, 0.25) is 0 Å². The summed E-state index contributed by atoms with van der Waals surface area (Å²) in [5, 5.41) is 11.0. The molecule has 3 rings (SSSR count). The molecule has 0 spiro atoms.